The number of amides is 2. The third-order valence-electron chi connectivity index (χ3n) is 4.53. The molecule has 0 radical (unpaired) electrons. The van der Waals surface area contributed by atoms with Gasteiger partial charge in [-0.25, -0.2) is 0 Å². The Hall–Kier alpha value is -1.10. The highest BCUT2D eigenvalue weighted by Gasteiger charge is 2.42. The first-order chi connectivity index (χ1) is 9.16. The van der Waals surface area contributed by atoms with Gasteiger partial charge < -0.3 is 14.5 Å². The van der Waals surface area contributed by atoms with Crippen LogP contribution in [-0.2, 0) is 14.3 Å². The van der Waals surface area contributed by atoms with Gasteiger partial charge in [0, 0.05) is 38.7 Å². The summed E-state index contributed by atoms with van der Waals surface area (Å²) in [6.45, 7) is 5.51. The maximum Gasteiger partial charge on any atom is 0.251 e. The molecule has 106 valence electrons. The highest BCUT2D eigenvalue weighted by molar-refractivity contribution is 5.83. The van der Waals surface area contributed by atoms with Gasteiger partial charge >= 0.3 is 0 Å². The van der Waals surface area contributed by atoms with Crippen LogP contribution in [0, 0.1) is 11.8 Å². The van der Waals surface area contributed by atoms with E-state index in [1.54, 1.807) is 0 Å². The normalized spacial score (nSPS) is 34.5. The second-order valence-electron chi connectivity index (χ2n) is 5.97. The molecule has 2 heterocycles. The molecule has 2 amide bonds. The van der Waals surface area contributed by atoms with Crippen molar-refractivity contribution in [2.45, 2.75) is 32.3 Å². The van der Waals surface area contributed by atoms with Crippen LogP contribution in [0.3, 0.4) is 0 Å². The SMILES string of the molecule is CC1CC1C(=O)N1CCN(C(=O)C2CCCO2)CC1. The summed E-state index contributed by atoms with van der Waals surface area (Å²) in [6, 6.07) is 0. The molecule has 3 fully saturated rings. The van der Waals surface area contributed by atoms with Crippen LogP contribution in [0.4, 0.5) is 0 Å². The van der Waals surface area contributed by atoms with Crippen LogP contribution in [0.5, 0.6) is 0 Å². The number of hydrogen-bond donors (Lipinski definition) is 0. The van der Waals surface area contributed by atoms with Gasteiger partial charge in [-0.2, -0.15) is 0 Å². The van der Waals surface area contributed by atoms with Crippen molar-refractivity contribution in [3.63, 3.8) is 0 Å². The van der Waals surface area contributed by atoms with Gasteiger partial charge in [0.2, 0.25) is 5.91 Å². The largest absolute Gasteiger partial charge is 0.368 e. The van der Waals surface area contributed by atoms with E-state index < -0.39 is 0 Å². The molecule has 5 nitrogen and oxygen atoms in total. The molecule has 0 aromatic carbocycles. The van der Waals surface area contributed by atoms with Crippen LogP contribution >= 0.6 is 0 Å². The molecule has 1 saturated carbocycles. The molecule has 0 spiro atoms. The molecule has 2 saturated heterocycles. The van der Waals surface area contributed by atoms with E-state index >= 15 is 0 Å². The van der Waals surface area contributed by atoms with Crippen LogP contribution in [0.25, 0.3) is 0 Å². The van der Waals surface area contributed by atoms with Crippen molar-refractivity contribution in [1.82, 2.24) is 9.80 Å². The molecule has 19 heavy (non-hydrogen) atoms. The Morgan fingerprint density at radius 2 is 1.63 bits per heavy atom. The van der Waals surface area contributed by atoms with E-state index in [9.17, 15) is 9.59 Å². The lowest BCUT2D eigenvalue weighted by molar-refractivity contribution is -0.146. The molecule has 1 aliphatic carbocycles. The monoisotopic (exact) mass is 266 g/mol. The summed E-state index contributed by atoms with van der Waals surface area (Å²) < 4.78 is 5.43. The van der Waals surface area contributed by atoms with Gasteiger partial charge in [-0.1, -0.05) is 6.92 Å². The molecule has 3 rings (SSSR count). The van der Waals surface area contributed by atoms with Gasteiger partial charge in [-0.15, -0.1) is 0 Å². The van der Waals surface area contributed by atoms with Gasteiger partial charge in [-0.05, 0) is 25.2 Å². The summed E-state index contributed by atoms with van der Waals surface area (Å²) in [6.07, 6.45) is 2.63. The topological polar surface area (TPSA) is 49.9 Å². The lowest BCUT2D eigenvalue weighted by atomic mass is 10.2. The molecule has 5 heteroatoms. The van der Waals surface area contributed by atoms with Gasteiger partial charge in [-0.3, -0.25) is 9.59 Å². The molecule has 0 aromatic rings. The fourth-order valence-electron chi connectivity index (χ4n) is 3.02. The second-order valence-corrected chi connectivity index (χ2v) is 5.97. The van der Waals surface area contributed by atoms with E-state index in [1.165, 1.54) is 0 Å². The number of carbonyl (C=O) groups is 2. The van der Waals surface area contributed by atoms with Gasteiger partial charge in [0.1, 0.15) is 6.10 Å². The molecule has 0 aromatic heterocycles. The molecule has 3 aliphatic rings. The molecular weight excluding hydrogens is 244 g/mol. The molecule has 0 bridgehead atoms. The Bertz CT molecular complexity index is 371. The number of ether oxygens (including phenoxy) is 1. The first kappa shape index (κ1) is 12.9. The van der Waals surface area contributed by atoms with Crippen molar-refractivity contribution < 1.29 is 14.3 Å². The van der Waals surface area contributed by atoms with Crippen LogP contribution in [0.2, 0.25) is 0 Å². The first-order valence-electron chi connectivity index (χ1n) is 7.36. The smallest absolute Gasteiger partial charge is 0.251 e. The number of piperazine rings is 1. The number of hydrogen-bond acceptors (Lipinski definition) is 3. The quantitative estimate of drug-likeness (QED) is 0.731. The predicted octanol–water partition coefficient (Wildman–Crippen LogP) is 0.492. The summed E-state index contributed by atoms with van der Waals surface area (Å²) in [4.78, 5) is 28.1. The van der Waals surface area contributed by atoms with Crippen molar-refractivity contribution >= 4 is 11.8 Å². The predicted molar refractivity (Wildman–Crippen MR) is 69.4 cm³/mol. The Morgan fingerprint density at radius 1 is 1.05 bits per heavy atom. The van der Waals surface area contributed by atoms with Crippen molar-refractivity contribution in [3.05, 3.63) is 0 Å². The third-order valence-corrected chi connectivity index (χ3v) is 4.53. The minimum absolute atomic E-state index is 0.115. The van der Waals surface area contributed by atoms with E-state index in [0.717, 1.165) is 19.3 Å². The number of nitrogens with zero attached hydrogens (tertiary/aromatic N) is 2. The zero-order chi connectivity index (χ0) is 13.4. The van der Waals surface area contributed by atoms with E-state index in [0.29, 0.717) is 38.7 Å². The molecule has 0 N–H and O–H groups in total. The Morgan fingerprint density at radius 3 is 2.11 bits per heavy atom. The lowest BCUT2D eigenvalue weighted by Crippen LogP contribution is -2.53. The molecule has 3 atom stereocenters. The van der Waals surface area contributed by atoms with Gasteiger partial charge in [0.15, 0.2) is 0 Å². The maximum atomic E-state index is 12.2. The average Bonchev–Trinajstić information content (AvgIpc) is 2.95. The second kappa shape index (κ2) is 5.12. The Kier molecular flexibility index (Phi) is 3.48. The van der Waals surface area contributed by atoms with Crippen LogP contribution in [0.15, 0.2) is 0 Å². The lowest BCUT2D eigenvalue weighted by Gasteiger charge is -2.36. The zero-order valence-electron chi connectivity index (χ0n) is 11.5. The minimum atomic E-state index is -0.231. The van der Waals surface area contributed by atoms with Gasteiger partial charge in [0.25, 0.3) is 5.91 Å². The van der Waals surface area contributed by atoms with E-state index in [1.807, 2.05) is 9.80 Å². The maximum absolute atomic E-state index is 12.2. The summed E-state index contributed by atoms with van der Waals surface area (Å²) in [7, 11) is 0. The minimum Gasteiger partial charge on any atom is -0.368 e. The van der Waals surface area contributed by atoms with Crippen molar-refractivity contribution in [3.8, 4) is 0 Å². The molecule has 3 unspecified atom stereocenters. The standard InChI is InChI=1S/C14H22N2O3/c1-10-9-11(10)13(17)15-4-6-16(7-5-15)14(18)12-3-2-8-19-12/h10-12H,2-9H2,1H3. The van der Waals surface area contributed by atoms with Crippen LogP contribution in [-0.4, -0.2) is 60.5 Å². The average molecular weight is 266 g/mol. The summed E-state index contributed by atoms with van der Waals surface area (Å²) in [5.41, 5.74) is 0. The summed E-state index contributed by atoms with van der Waals surface area (Å²) in [5, 5.41) is 0. The first-order valence-corrected chi connectivity index (χ1v) is 7.36. The van der Waals surface area contributed by atoms with Crippen molar-refractivity contribution in [2.24, 2.45) is 11.8 Å². The highest BCUT2D eigenvalue weighted by atomic mass is 16.5. The Balaban J connectivity index is 1.49. The third kappa shape index (κ3) is 2.61. The summed E-state index contributed by atoms with van der Waals surface area (Å²) >= 11 is 0. The van der Waals surface area contributed by atoms with E-state index in [4.69, 9.17) is 4.74 Å². The van der Waals surface area contributed by atoms with Gasteiger partial charge in [0.05, 0.1) is 0 Å². The van der Waals surface area contributed by atoms with Crippen LogP contribution in [0.1, 0.15) is 26.2 Å². The van der Waals surface area contributed by atoms with Crippen molar-refractivity contribution in [2.75, 3.05) is 32.8 Å². The van der Waals surface area contributed by atoms with E-state index in [-0.39, 0.29) is 23.8 Å². The van der Waals surface area contributed by atoms with Crippen molar-refractivity contribution in [1.29, 1.82) is 0 Å². The summed E-state index contributed by atoms with van der Waals surface area (Å²) in [5.74, 6) is 1.21. The molecular formula is C14H22N2O3. The number of rotatable bonds is 2. The fourth-order valence-corrected chi connectivity index (χ4v) is 3.02. The highest BCUT2D eigenvalue weighted by Crippen LogP contribution is 2.39. The van der Waals surface area contributed by atoms with E-state index in [2.05, 4.69) is 6.92 Å². The zero-order valence-corrected chi connectivity index (χ0v) is 11.5. The molecule has 2 aliphatic heterocycles. The Labute approximate surface area is 113 Å². The fraction of sp³-hybridized carbons (Fsp3) is 0.857. The number of carbonyl (C=O) groups excluding carboxylic acids is 2. The van der Waals surface area contributed by atoms with Crippen LogP contribution < -0.4 is 0 Å².